The lowest BCUT2D eigenvalue weighted by molar-refractivity contribution is -0.108. The minimum Gasteiger partial charge on any atom is -0.350 e. The van der Waals surface area contributed by atoms with Crippen molar-refractivity contribution in [1.29, 1.82) is 0 Å². The summed E-state index contributed by atoms with van der Waals surface area (Å²) in [4.78, 5) is 4.14. The van der Waals surface area contributed by atoms with Gasteiger partial charge in [-0.05, 0) is 15.9 Å². The van der Waals surface area contributed by atoms with E-state index < -0.39 is 0 Å². The fourth-order valence-corrected chi connectivity index (χ4v) is 1.73. The van der Waals surface area contributed by atoms with Crippen LogP contribution in [0.4, 0.5) is 0 Å². The molecular weight excluding hydrogens is 230 g/mol. The Morgan fingerprint density at radius 1 is 1.55 bits per heavy atom. The quantitative estimate of drug-likeness (QED) is 0.756. The van der Waals surface area contributed by atoms with Crippen molar-refractivity contribution in [2.24, 2.45) is 0 Å². The number of halogens is 1. The van der Waals surface area contributed by atoms with E-state index >= 15 is 0 Å². The second-order valence-electron chi connectivity index (χ2n) is 1.83. The van der Waals surface area contributed by atoms with E-state index in [1.54, 1.807) is 14.2 Å². The first-order valence-corrected chi connectivity index (χ1v) is 4.61. The number of hydrogen-bond acceptors (Lipinski definition) is 4. The molecule has 0 saturated heterocycles. The van der Waals surface area contributed by atoms with E-state index in [4.69, 9.17) is 9.47 Å². The molecule has 0 spiro atoms. The van der Waals surface area contributed by atoms with Gasteiger partial charge in [0.15, 0.2) is 3.92 Å². The number of hydrogen-bond donors (Lipinski definition) is 0. The third-order valence-electron chi connectivity index (χ3n) is 1.16. The molecule has 1 aromatic rings. The number of nitrogens with zero attached hydrogens (tertiary/aromatic N) is 1. The van der Waals surface area contributed by atoms with Crippen LogP contribution in [0.1, 0.15) is 12.0 Å². The molecule has 3 nitrogen and oxygen atoms in total. The Kier molecular flexibility index (Phi) is 3.45. The molecule has 1 rings (SSSR count). The van der Waals surface area contributed by atoms with Crippen LogP contribution in [0.3, 0.4) is 0 Å². The van der Waals surface area contributed by atoms with Gasteiger partial charge >= 0.3 is 0 Å². The summed E-state index contributed by atoms with van der Waals surface area (Å²) in [5, 5.41) is 1.89. The molecule has 0 bridgehead atoms. The van der Waals surface area contributed by atoms with Crippen LogP contribution < -0.4 is 0 Å². The zero-order valence-corrected chi connectivity index (χ0v) is 8.61. The molecular formula is C6H8BrNO2S. The van der Waals surface area contributed by atoms with E-state index in [1.165, 1.54) is 11.3 Å². The minimum atomic E-state index is -0.349. The topological polar surface area (TPSA) is 31.4 Å². The molecule has 62 valence electrons. The predicted octanol–water partition coefficient (Wildman–Crippen LogP) is 2.20. The Hall–Kier alpha value is 0.0300. The lowest BCUT2D eigenvalue weighted by atomic mass is 10.5. The summed E-state index contributed by atoms with van der Waals surface area (Å²) in [5.41, 5.74) is 0.798. The van der Waals surface area contributed by atoms with Gasteiger partial charge in [0.05, 0.1) is 0 Å². The molecule has 5 heteroatoms. The molecule has 1 heterocycles. The van der Waals surface area contributed by atoms with E-state index in [1.807, 2.05) is 5.38 Å². The van der Waals surface area contributed by atoms with Crippen LogP contribution in [0.25, 0.3) is 0 Å². The van der Waals surface area contributed by atoms with Crippen molar-refractivity contribution in [1.82, 2.24) is 4.98 Å². The van der Waals surface area contributed by atoms with E-state index in [0.717, 1.165) is 9.61 Å². The zero-order valence-electron chi connectivity index (χ0n) is 6.20. The molecule has 11 heavy (non-hydrogen) atoms. The number of methoxy groups -OCH3 is 2. The van der Waals surface area contributed by atoms with Crippen LogP contribution >= 0.6 is 27.3 Å². The van der Waals surface area contributed by atoms with Gasteiger partial charge in [0.2, 0.25) is 6.29 Å². The summed E-state index contributed by atoms with van der Waals surface area (Å²) in [6.07, 6.45) is -0.349. The number of aromatic nitrogens is 1. The average molecular weight is 238 g/mol. The Labute approximate surface area is 77.5 Å². The highest BCUT2D eigenvalue weighted by molar-refractivity contribution is 9.11. The third-order valence-corrected chi connectivity index (χ3v) is 2.55. The summed E-state index contributed by atoms with van der Waals surface area (Å²) in [6, 6.07) is 0. The fourth-order valence-electron chi connectivity index (χ4n) is 0.709. The first-order chi connectivity index (χ1) is 5.27. The standard InChI is InChI=1S/C6H8BrNO2S/c1-9-5(10-2)4-3-11-6(7)8-4/h3,5H,1-2H3. The van der Waals surface area contributed by atoms with Gasteiger partial charge in [-0.3, -0.25) is 0 Å². The third kappa shape index (κ3) is 2.23. The Balaban J connectivity index is 2.73. The van der Waals surface area contributed by atoms with Gasteiger partial charge in [-0.15, -0.1) is 11.3 Å². The molecule has 0 amide bonds. The van der Waals surface area contributed by atoms with Crippen LogP contribution in [-0.2, 0) is 9.47 Å². The molecule has 0 aliphatic heterocycles. The van der Waals surface area contributed by atoms with E-state index in [9.17, 15) is 0 Å². The highest BCUT2D eigenvalue weighted by Gasteiger charge is 2.11. The molecule has 0 aliphatic rings. The summed E-state index contributed by atoms with van der Waals surface area (Å²) >= 11 is 4.76. The molecule has 0 radical (unpaired) electrons. The van der Waals surface area contributed by atoms with Gasteiger partial charge in [0, 0.05) is 19.6 Å². The van der Waals surface area contributed by atoms with Crippen LogP contribution in [0.5, 0.6) is 0 Å². The summed E-state index contributed by atoms with van der Waals surface area (Å²) in [6.45, 7) is 0. The van der Waals surface area contributed by atoms with Gasteiger partial charge in [-0.1, -0.05) is 0 Å². The highest BCUT2D eigenvalue weighted by atomic mass is 79.9. The van der Waals surface area contributed by atoms with Gasteiger partial charge in [-0.2, -0.15) is 0 Å². The van der Waals surface area contributed by atoms with Gasteiger partial charge in [-0.25, -0.2) is 4.98 Å². The molecule has 0 unspecified atom stereocenters. The summed E-state index contributed by atoms with van der Waals surface area (Å²) in [7, 11) is 3.17. The van der Waals surface area contributed by atoms with Crippen molar-refractivity contribution in [2.75, 3.05) is 14.2 Å². The maximum Gasteiger partial charge on any atom is 0.201 e. The minimum absolute atomic E-state index is 0.349. The zero-order chi connectivity index (χ0) is 8.27. The SMILES string of the molecule is COC(OC)c1csc(Br)n1. The molecule has 0 N–H and O–H groups in total. The normalized spacial score (nSPS) is 10.9. The molecule has 0 aromatic carbocycles. The van der Waals surface area contributed by atoms with E-state index in [0.29, 0.717) is 0 Å². The van der Waals surface area contributed by atoms with Crippen molar-refractivity contribution >= 4 is 27.3 Å². The molecule has 0 saturated carbocycles. The Morgan fingerprint density at radius 2 is 2.18 bits per heavy atom. The molecule has 0 fully saturated rings. The van der Waals surface area contributed by atoms with Crippen molar-refractivity contribution in [3.8, 4) is 0 Å². The summed E-state index contributed by atoms with van der Waals surface area (Å²) in [5.74, 6) is 0. The van der Waals surface area contributed by atoms with Crippen LogP contribution in [0.15, 0.2) is 9.30 Å². The van der Waals surface area contributed by atoms with Gasteiger partial charge in [0.1, 0.15) is 5.69 Å². The fraction of sp³-hybridized carbons (Fsp3) is 0.500. The van der Waals surface area contributed by atoms with E-state index in [-0.39, 0.29) is 6.29 Å². The predicted molar refractivity (Wildman–Crippen MR) is 46.6 cm³/mol. The largest absolute Gasteiger partial charge is 0.350 e. The second-order valence-corrected chi connectivity index (χ2v) is 3.96. The monoisotopic (exact) mass is 237 g/mol. The molecule has 0 aliphatic carbocycles. The highest BCUT2D eigenvalue weighted by Crippen LogP contribution is 2.22. The first kappa shape index (κ1) is 9.12. The van der Waals surface area contributed by atoms with Crippen molar-refractivity contribution in [3.05, 3.63) is 15.0 Å². The lowest BCUT2D eigenvalue weighted by Gasteiger charge is -2.08. The maximum atomic E-state index is 5.00. The van der Waals surface area contributed by atoms with Crippen molar-refractivity contribution < 1.29 is 9.47 Å². The van der Waals surface area contributed by atoms with Crippen LogP contribution in [-0.4, -0.2) is 19.2 Å². The molecule has 0 atom stereocenters. The Morgan fingerprint density at radius 3 is 2.55 bits per heavy atom. The lowest BCUT2D eigenvalue weighted by Crippen LogP contribution is -2.03. The number of ether oxygens (including phenoxy) is 2. The number of thiazole rings is 1. The van der Waals surface area contributed by atoms with Crippen molar-refractivity contribution in [3.63, 3.8) is 0 Å². The number of rotatable bonds is 3. The van der Waals surface area contributed by atoms with Crippen molar-refractivity contribution in [2.45, 2.75) is 6.29 Å². The second kappa shape index (κ2) is 4.15. The van der Waals surface area contributed by atoms with Gasteiger partial charge in [0.25, 0.3) is 0 Å². The van der Waals surface area contributed by atoms with E-state index in [2.05, 4.69) is 20.9 Å². The smallest absolute Gasteiger partial charge is 0.201 e. The van der Waals surface area contributed by atoms with Crippen LogP contribution in [0.2, 0.25) is 0 Å². The first-order valence-electron chi connectivity index (χ1n) is 2.94. The van der Waals surface area contributed by atoms with Crippen LogP contribution in [0, 0.1) is 0 Å². The molecule has 1 aromatic heterocycles. The summed E-state index contributed by atoms with van der Waals surface area (Å²) < 4.78 is 10.8. The van der Waals surface area contributed by atoms with Gasteiger partial charge < -0.3 is 9.47 Å². The average Bonchev–Trinajstić information content (AvgIpc) is 2.39. The maximum absolute atomic E-state index is 5.00. The Bertz CT molecular complexity index is 224.